The van der Waals surface area contributed by atoms with Crippen molar-refractivity contribution in [3.63, 3.8) is 0 Å². The van der Waals surface area contributed by atoms with Gasteiger partial charge in [-0.25, -0.2) is 0 Å². The van der Waals surface area contributed by atoms with E-state index in [-0.39, 0.29) is 24.2 Å². The molecule has 2 bridgehead atoms. The molecule has 2 aliphatic heterocycles. The smallest absolute Gasteiger partial charge is 0.272 e. The molecule has 5 rings (SSSR count). The standard InChI is InChI=1S/C34H43N7O5/c1-22(2)19-28-32(44)37-23(3)30(42)35-16-7-8-18-41(34(46)27-15-17-36-40-27)21-25-11-13-26(14-12-25)31(43)38-29(33(45)39-28)20-24-9-5-4-6-10-24/h4-6,9-15,17,22-23,28-29H,7-8,16,18-21H2,1-3H3,(H,35,42)(H,36,40)(H,37,44)(H,38,43)(H,39,45)/t23-,28+,29-/m1/s1. The number of aromatic nitrogens is 2. The summed E-state index contributed by atoms with van der Waals surface area (Å²) in [5.41, 5.74) is 2.36. The number of carbonyl (C=O) groups excluding carboxylic acids is 5. The lowest BCUT2D eigenvalue weighted by atomic mass is 10.0. The lowest BCUT2D eigenvalue weighted by Crippen LogP contribution is -2.57. The quantitative estimate of drug-likeness (QED) is 0.272. The predicted molar refractivity (Wildman–Crippen MR) is 172 cm³/mol. The first-order chi connectivity index (χ1) is 22.1. The van der Waals surface area contributed by atoms with Crippen LogP contribution in [-0.4, -0.2) is 75.8 Å². The monoisotopic (exact) mass is 629 g/mol. The summed E-state index contributed by atoms with van der Waals surface area (Å²) in [7, 11) is 0. The maximum atomic E-state index is 13.7. The topological polar surface area (TPSA) is 165 Å². The van der Waals surface area contributed by atoms with E-state index in [1.165, 1.54) is 6.20 Å². The third-order valence-corrected chi connectivity index (χ3v) is 7.76. The minimum Gasteiger partial charge on any atom is -0.354 e. The number of amides is 5. The van der Waals surface area contributed by atoms with Gasteiger partial charge >= 0.3 is 0 Å². The van der Waals surface area contributed by atoms with E-state index in [2.05, 4.69) is 31.5 Å². The fourth-order valence-corrected chi connectivity index (χ4v) is 5.23. The molecule has 3 aromatic rings. The van der Waals surface area contributed by atoms with Crippen molar-refractivity contribution in [2.45, 2.75) is 71.1 Å². The van der Waals surface area contributed by atoms with Crippen LogP contribution >= 0.6 is 0 Å². The zero-order chi connectivity index (χ0) is 33.1. The molecule has 0 saturated heterocycles. The van der Waals surface area contributed by atoms with Crippen LogP contribution in [-0.2, 0) is 27.3 Å². The summed E-state index contributed by atoms with van der Waals surface area (Å²) in [6.45, 7) is 6.54. The molecule has 0 radical (unpaired) electrons. The van der Waals surface area contributed by atoms with Crippen molar-refractivity contribution in [3.8, 4) is 0 Å². The van der Waals surface area contributed by atoms with E-state index in [1.54, 1.807) is 42.2 Å². The van der Waals surface area contributed by atoms with Gasteiger partial charge in [0.15, 0.2) is 0 Å². The Labute approximate surface area is 269 Å². The van der Waals surface area contributed by atoms with Crippen molar-refractivity contribution in [2.24, 2.45) is 5.92 Å². The number of nitrogens with zero attached hydrogens (tertiary/aromatic N) is 2. The number of fused-ring (bicyclic) bond motifs is 18. The van der Waals surface area contributed by atoms with Crippen molar-refractivity contribution in [3.05, 3.63) is 89.2 Å². The van der Waals surface area contributed by atoms with Gasteiger partial charge < -0.3 is 26.2 Å². The number of H-pyrrole nitrogens is 1. The maximum absolute atomic E-state index is 13.7. The van der Waals surface area contributed by atoms with Crippen LogP contribution in [0.2, 0.25) is 0 Å². The van der Waals surface area contributed by atoms with Crippen molar-refractivity contribution in [1.82, 2.24) is 36.4 Å². The van der Waals surface area contributed by atoms with Gasteiger partial charge in [0.05, 0.1) is 0 Å². The number of carbonyl (C=O) groups is 5. The summed E-state index contributed by atoms with van der Waals surface area (Å²) >= 11 is 0. The summed E-state index contributed by atoms with van der Waals surface area (Å²) < 4.78 is 0. The van der Waals surface area contributed by atoms with Crippen LogP contribution < -0.4 is 21.3 Å². The minimum atomic E-state index is -0.977. The SMILES string of the molecule is CC(C)C[C@@H]1NC(=O)[C@@H](Cc2ccccc2)NC(=O)c2ccc(cc2)CN(C(=O)c2ccn[nH]2)CCCCNC(=O)[C@@H](C)NC1=O. The number of aromatic amines is 1. The summed E-state index contributed by atoms with van der Waals surface area (Å²) in [6.07, 6.45) is 3.28. The molecule has 12 heteroatoms. The highest BCUT2D eigenvalue weighted by molar-refractivity contribution is 5.99. The van der Waals surface area contributed by atoms with E-state index in [9.17, 15) is 24.0 Å². The van der Waals surface area contributed by atoms with Crippen LogP contribution in [0.5, 0.6) is 0 Å². The van der Waals surface area contributed by atoms with Crippen molar-refractivity contribution >= 4 is 29.5 Å². The maximum Gasteiger partial charge on any atom is 0.272 e. The largest absolute Gasteiger partial charge is 0.354 e. The Morgan fingerprint density at radius 1 is 0.870 bits per heavy atom. The Bertz CT molecular complexity index is 1480. The molecule has 46 heavy (non-hydrogen) atoms. The van der Waals surface area contributed by atoms with Crippen LogP contribution in [0.25, 0.3) is 0 Å². The third kappa shape index (κ3) is 9.75. The van der Waals surface area contributed by atoms with Crippen LogP contribution in [0.3, 0.4) is 0 Å². The van der Waals surface area contributed by atoms with Crippen LogP contribution in [0.15, 0.2) is 66.9 Å². The molecule has 5 N–H and O–H groups in total. The number of benzene rings is 2. The molecule has 3 heterocycles. The fourth-order valence-electron chi connectivity index (χ4n) is 5.23. The average Bonchev–Trinajstić information content (AvgIpc) is 3.58. The van der Waals surface area contributed by atoms with Gasteiger partial charge in [-0.15, -0.1) is 0 Å². The van der Waals surface area contributed by atoms with Gasteiger partial charge in [-0.05, 0) is 61.4 Å². The molecule has 1 aromatic heterocycles. The van der Waals surface area contributed by atoms with E-state index in [1.807, 2.05) is 44.2 Å². The lowest BCUT2D eigenvalue weighted by Gasteiger charge is -2.25. The lowest BCUT2D eigenvalue weighted by molar-refractivity contribution is -0.132. The van der Waals surface area contributed by atoms with Crippen LogP contribution in [0, 0.1) is 5.92 Å². The molecule has 0 spiro atoms. The zero-order valence-electron chi connectivity index (χ0n) is 26.5. The van der Waals surface area contributed by atoms with Gasteiger partial charge in [0, 0.05) is 37.8 Å². The molecule has 5 amide bonds. The molecule has 12 nitrogen and oxygen atoms in total. The number of nitrogens with one attached hydrogen (secondary N) is 5. The fraction of sp³-hybridized carbons (Fsp3) is 0.412. The van der Waals surface area contributed by atoms with E-state index in [0.717, 1.165) is 11.1 Å². The van der Waals surface area contributed by atoms with Gasteiger partial charge in [-0.1, -0.05) is 56.3 Å². The highest BCUT2D eigenvalue weighted by atomic mass is 16.2. The number of rotatable bonds is 5. The van der Waals surface area contributed by atoms with Gasteiger partial charge in [-0.3, -0.25) is 29.1 Å². The first-order valence-electron chi connectivity index (χ1n) is 15.7. The molecule has 0 aliphatic carbocycles. The Kier molecular flexibility index (Phi) is 12.0. The average molecular weight is 630 g/mol. The van der Waals surface area contributed by atoms with Crippen molar-refractivity contribution in [1.29, 1.82) is 0 Å². The molecule has 3 atom stereocenters. The Balaban J connectivity index is 1.61. The van der Waals surface area contributed by atoms with Crippen LogP contribution in [0.4, 0.5) is 0 Å². The molecule has 2 aromatic carbocycles. The number of hydrogen-bond acceptors (Lipinski definition) is 6. The predicted octanol–water partition coefficient (Wildman–Crippen LogP) is 2.34. The van der Waals surface area contributed by atoms with Crippen molar-refractivity contribution in [2.75, 3.05) is 13.1 Å². The second kappa shape index (κ2) is 16.4. The molecule has 0 unspecified atom stereocenters. The highest BCUT2D eigenvalue weighted by Crippen LogP contribution is 2.14. The van der Waals surface area contributed by atoms with Gasteiger partial charge in [0.25, 0.3) is 11.8 Å². The second-order valence-corrected chi connectivity index (χ2v) is 12.0. The molecule has 244 valence electrons. The molecular formula is C34H43N7O5. The first-order valence-corrected chi connectivity index (χ1v) is 15.7. The van der Waals surface area contributed by atoms with Crippen LogP contribution in [0.1, 0.15) is 72.0 Å². The highest BCUT2D eigenvalue weighted by Gasteiger charge is 2.29. The molecule has 0 saturated carbocycles. The molecular weight excluding hydrogens is 586 g/mol. The third-order valence-electron chi connectivity index (χ3n) is 7.76. The molecule has 2 aliphatic rings. The Morgan fingerprint density at radius 2 is 1.59 bits per heavy atom. The Hall–Kier alpha value is -5.00. The van der Waals surface area contributed by atoms with E-state index < -0.39 is 35.8 Å². The van der Waals surface area contributed by atoms with E-state index in [4.69, 9.17) is 0 Å². The minimum absolute atomic E-state index is 0.0649. The number of hydrogen-bond donors (Lipinski definition) is 5. The van der Waals surface area contributed by atoms with E-state index in [0.29, 0.717) is 50.2 Å². The zero-order valence-corrected chi connectivity index (χ0v) is 26.5. The van der Waals surface area contributed by atoms with Gasteiger partial charge in [0.1, 0.15) is 23.8 Å². The first kappa shape index (κ1) is 33.9. The summed E-state index contributed by atoms with van der Waals surface area (Å²) in [4.78, 5) is 68.2. The summed E-state index contributed by atoms with van der Waals surface area (Å²) in [5.74, 6) is -1.95. The Morgan fingerprint density at radius 3 is 2.26 bits per heavy atom. The summed E-state index contributed by atoms with van der Waals surface area (Å²) in [5, 5.41) is 17.9. The second-order valence-electron chi connectivity index (χ2n) is 12.0. The van der Waals surface area contributed by atoms with E-state index >= 15 is 0 Å². The molecule has 0 fully saturated rings. The van der Waals surface area contributed by atoms with Gasteiger partial charge in [0.2, 0.25) is 17.7 Å². The van der Waals surface area contributed by atoms with Crippen molar-refractivity contribution < 1.29 is 24.0 Å². The normalized spacial score (nSPS) is 20.7. The van der Waals surface area contributed by atoms with Gasteiger partial charge in [-0.2, -0.15) is 5.10 Å². The summed E-state index contributed by atoms with van der Waals surface area (Å²) in [6, 6.07) is 15.1.